The van der Waals surface area contributed by atoms with E-state index in [1.54, 1.807) is 12.3 Å². The van der Waals surface area contributed by atoms with Gasteiger partial charge in [-0.3, -0.25) is 4.79 Å². The lowest BCUT2D eigenvalue weighted by molar-refractivity contribution is -0.104. The van der Waals surface area contributed by atoms with Gasteiger partial charge in [0.1, 0.15) is 12.0 Å². The van der Waals surface area contributed by atoms with Gasteiger partial charge in [-0.2, -0.15) is 0 Å². The molecule has 2 heteroatoms. The Kier molecular flexibility index (Phi) is 2.05. The van der Waals surface area contributed by atoms with Gasteiger partial charge in [-0.15, -0.1) is 0 Å². The average Bonchev–Trinajstić information content (AvgIpc) is 2.31. The highest BCUT2D eigenvalue weighted by atomic mass is 16.3. The minimum atomic E-state index is 0.742. The van der Waals surface area contributed by atoms with E-state index in [1.165, 1.54) is 6.08 Å². The lowest BCUT2D eigenvalue weighted by Gasteiger charge is -1.83. The molecule has 0 amide bonds. The van der Waals surface area contributed by atoms with Crippen LogP contribution in [-0.2, 0) is 4.79 Å². The van der Waals surface area contributed by atoms with Crippen LogP contribution in [0.15, 0.2) is 22.8 Å². The number of hydrogen-bond donors (Lipinski definition) is 0. The third kappa shape index (κ3) is 1.35. The van der Waals surface area contributed by atoms with Gasteiger partial charge in [-0.1, -0.05) is 0 Å². The van der Waals surface area contributed by atoms with Crippen molar-refractivity contribution in [3.63, 3.8) is 0 Å². The second-order valence-electron chi connectivity index (χ2n) is 1.93. The molecule has 0 saturated carbocycles. The summed E-state index contributed by atoms with van der Waals surface area (Å²) in [4.78, 5) is 9.89. The van der Waals surface area contributed by atoms with Gasteiger partial charge in [0.05, 0.1) is 6.26 Å². The number of rotatable bonds is 2. The van der Waals surface area contributed by atoms with E-state index < -0.39 is 0 Å². The molecule has 0 saturated heterocycles. The summed E-state index contributed by atoms with van der Waals surface area (Å²) in [5.41, 5.74) is 0.951. The van der Waals surface area contributed by atoms with Crippen LogP contribution in [-0.4, -0.2) is 6.29 Å². The van der Waals surface area contributed by atoms with Crippen LogP contribution in [0.2, 0.25) is 0 Å². The third-order valence-electron chi connectivity index (χ3n) is 1.25. The largest absolute Gasteiger partial charge is 0.469 e. The summed E-state index contributed by atoms with van der Waals surface area (Å²) < 4.78 is 4.99. The number of furan rings is 1. The van der Waals surface area contributed by atoms with Crippen molar-refractivity contribution in [2.75, 3.05) is 0 Å². The van der Waals surface area contributed by atoms with Crippen LogP contribution >= 0.6 is 0 Å². The minimum Gasteiger partial charge on any atom is -0.469 e. The lowest BCUT2D eigenvalue weighted by atomic mass is 10.2. The van der Waals surface area contributed by atoms with Crippen LogP contribution in [0.1, 0.15) is 11.3 Å². The lowest BCUT2D eigenvalue weighted by Crippen LogP contribution is -1.68. The van der Waals surface area contributed by atoms with E-state index in [9.17, 15) is 4.79 Å². The number of aryl methyl sites for hydroxylation is 1. The first kappa shape index (κ1) is 6.81. The van der Waals surface area contributed by atoms with Gasteiger partial charge in [0, 0.05) is 5.56 Å². The van der Waals surface area contributed by atoms with Crippen molar-refractivity contribution in [1.82, 2.24) is 0 Å². The molecule has 1 aromatic heterocycles. The molecule has 2 nitrogen and oxygen atoms in total. The fourth-order valence-corrected chi connectivity index (χ4v) is 0.711. The summed E-state index contributed by atoms with van der Waals surface area (Å²) in [6, 6.07) is 1.81. The van der Waals surface area contributed by atoms with E-state index in [1.807, 2.05) is 13.0 Å². The van der Waals surface area contributed by atoms with Crippen molar-refractivity contribution < 1.29 is 9.21 Å². The van der Waals surface area contributed by atoms with Crippen molar-refractivity contribution in [3.05, 3.63) is 29.7 Å². The van der Waals surface area contributed by atoms with Crippen LogP contribution in [0.5, 0.6) is 0 Å². The van der Waals surface area contributed by atoms with Gasteiger partial charge in [-0.25, -0.2) is 0 Å². The molecule has 0 aliphatic carbocycles. The molecule has 1 heterocycles. The van der Waals surface area contributed by atoms with Gasteiger partial charge < -0.3 is 4.42 Å². The second kappa shape index (κ2) is 3.01. The minimum absolute atomic E-state index is 0.742. The van der Waals surface area contributed by atoms with E-state index in [-0.39, 0.29) is 0 Å². The monoisotopic (exact) mass is 136 g/mol. The first-order valence-electron chi connectivity index (χ1n) is 3.00. The van der Waals surface area contributed by atoms with Crippen LogP contribution < -0.4 is 0 Å². The molecule has 0 unspecified atom stereocenters. The topological polar surface area (TPSA) is 30.2 Å². The zero-order valence-corrected chi connectivity index (χ0v) is 5.70. The Morgan fingerprint density at radius 2 is 2.40 bits per heavy atom. The molecule has 0 aliphatic heterocycles. The quantitative estimate of drug-likeness (QED) is 0.458. The highest BCUT2D eigenvalue weighted by molar-refractivity contribution is 5.74. The maximum atomic E-state index is 9.89. The molecular formula is C8H8O2. The smallest absolute Gasteiger partial charge is 0.142 e. The first-order chi connectivity index (χ1) is 4.84. The fraction of sp³-hybridized carbons (Fsp3) is 0.125. The highest BCUT2D eigenvalue weighted by Crippen LogP contribution is 2.09. The summed E-state index contributed by atoms with van der Waals surface area (Å²) in [5, 5.41) is 0. The van der Waals surface area contributed by atoms with Gasteiger partial charge in [0.25, 0.3) is 0 Å². The second-order valence-corrected chi connectivity index (χ2v) is 1.93. The molecule has 0 bridgehead atoms. The Morgan fingerprint density at radius 3 is 2.90 bits per heavy atom. The summed E-state index contributed by atoms with van der Waals surface area (Å²) in [6.45, 7) is 1.85. The van der Waals surface area contributed by atoms with Gasteiger partial charge in [0.15, 0.2) is 0 Å². The van der Waals surface area contributed by atoms with E-state index in [4.69, 9.17) is 4.42 Å². The van der Waals surface area contributed by atoms with Crippen LogP contribution in [0, 0.1) is 6.92 Å². The maximum absolute atomic E-state index is 9.89. The number of hydrogen-bond acceptors (Lipinski definition) is 2. The number of aldehydes is 1. The van der Waals surface area contributed by atoms with Crippen molar-refractivity contribution in [2.45, 2.75) is 6.92 Å². The molecule has 0 radical (unpaired) electrons. The Balaban J connectivity index is 2.83. The number of allylic oxidation sites excluding steroid dienone is 1. The maximum Gasteiger partial charge on any atom is 0.142 e. The zero-order chi connectivity index (χ0) is 7.40. The summed E-state index contributed by atoms with van der Waals surface area (Å²) >= 11 is 0. The summed E-state index contributed by atoms with van der Waals surface area (Å²) in [6.07, 6.45) is 5.50. The molecule has 0 aliphatic rings. The van der Waals surface area contributed by atoms with Gasteiger partial charge in [-0.05, 0) is 25.1 Å². The van der Waals surface area contributed by atoms with Crippen LogP contribution in [0.4, 0.5) is 0 Å². The predicted molar refractivity (Wildman–Crippen MR) is 38.5 cm³/mol. The zero-order valence-electron chi connectivity index (χ0n) is 5.70. The van der Waals surface area contributed by atoms with E-state index in [0.29, 0.717) is 0 Å². The van der Waals surface area contributed by atoms with E-state index in [2.05, 4.69) is 0 Å². The standard InChI is InChI=1S/C8H8O2/c1-7-8(3-2-5-9)4-6-10-7/h2-6H,1H3/b3-2+. The van der Waals surface area contributed by atoms with Crippen LogP contribution in [0.25, 0.3) is 6.08 Å². The highest BCUT2D eigenvalue weighted by Gasteiger charge is 1.93. The first-order valence-corrected chi connectivity index (χ1v) is 3.00. The number of carbonyl (C=O) groups is 1. The van der Waals surface area contributed by atoms with E-state index in [0.717, 1.165) is 17.6 Å². The normalized spacial score (nSPS) is 10.5. The Morgan fingerprint density at radius 1 is 1.60 bits per heavy atom. The van der Waals surface area contributed by atoms with Crippen molar-refractivity contribution >= 4 is 12.4 Å². The Hall–Kier alpha value is -1.31. The molecule has 0 aromatic carbocycles. The summed E-state index contributed by atoms with van der Waals surface area (Å²) in [5.74, 6) is 0.832. The number of carbonyl (C=O) groups excluding carboxylic acids is 1. The molecular weight excluding hydrogens is 128 g/mol. The van der Waals surface area contributed by atoms with Crippen molar-refractivity contribution in [1.29, 1.82) is 0 Å². The Labute approximate surface area is 59.2 Å². The molecule has 0 N–H and O–H groups in total. The van der Waals surface area contributed by atoms with Gasteiger partial charge >= 0.3 is 0 Å². The molecule has 1 rings (SSSR count). The SMILES string of the molecule is Cc1occc1/C=C/C=O. The van der Waals surface area contributed by atoms with Gasteiger partial charge in [0.2, 0.25) is 0 Å². The van der Waals surface area contributed by atoms with E-state index >= 15 is 0 Å². The molecule has 10 heavy (non-hydrogen) atoms. The molecule has 52 valence electrons. The molecule has 0 spiro atoms. The molecule has 0 fully saturated rings. The Bertz CT molecular complexity index is 246. The predicted octanol–water partition coefficient (Wildman–Crippen LogP) is 1.80. The average molecular weight is 136 g/mol. The molecule has 0 atom stereocenters. The van der Waals surface area contributed by atoms with Crippen molar-refractivity contribution in [2.24, 2.45) is 0 Å². The fourth-order valence-electron chi connectivity index (χ4n) is 0.711. The summed E-state index contributed by atoms with van der Waals surface area (Å²) in [7, 11) is 0. The molecule has 1 aromatic rings. The third-order valence-corrected chi connectivity index (χ3v) is 1.25. The van der Waals surface area contributed by atoms with Crippen LogP contribution in [0.3, 0.4) is 0 Å². The van der Waals surface area contributed by atoms with Crippen molar-refractivity contribution in [3.8, 4) is 0 Å².